The minimum absolute atomic E-state index is 0.593. The predicted octanol–water partition coefficient (Wildman–Crippen LogP) is 1.91. The van der Waals surface area contributed by atoms with E-state index in [2.05, 4.69) is 32.4 Å². The first kappa shape index (κ1) is 4.89. The monoisotopic (exact) mass is 94.1 g/mol. The summed E-state index contributed by atoms with van der Waals surface area (Å²) in [6, 6.07) is 0. The Bertz CT molecular complexity index is 72.0. The van der Waals surface area contributed by atoms with Gasteiger partial charge in [-0.2, -0.15) is 0 Å². The van der Waals surface area contributed by atoms with E-state index in [-0.39, 0.29) is 0 Å². The number of hydrogen-bond acceptors (Lipinski definition) is 0. The minimum Gasteiger partial charge on any atom is -0.0848 e. The lowest BCUT2D eigenvalue weighted by Gasteiger charge is -1.96. The highest BCUT2D eigenvalue weighted by atomic mass is 14.1. The van der Waals surface area contributed by atoms with Crippen molar-refractivity contribution in [3.05, 3.63) is 18.6 Å². The summed E-state index contributed by atoms with van der Waals surface area (Å²) in [5, 5.41) is 0. The van der Waals surface area contributed by atoms with Crippen LogP contribution in [0.1, 0.15) is 13.8 Å². The zero-order chi connectivity index (χ0) is 5.28. The standard InChI is InChI=1S/C7H10/c1-6-3-4-7(2)5-6/h3-4,6-7H,1-2H3. The van der Waals surface area contributed by atoms with Crippen molar-refractivity contribution in [1.82, 2.24) is 0 Å². The van der Waals surface area contributed by atoms with E-state index < -0.39 is 0 Å². The zero-order valence-corrected chi connectivity index (χ0v) is 4.81. The highest BCUT2D eigenvalue weighted by molar-refractivity contribution is 5.08. The molecule has 38 valence electrons. The van der Waals surface area contributed by atoms with Gasteiger partial charge in [-0.1, -0.05) is 26.0 Å². The molecule has 0 heterocycles. The second kappa shape index (κ2) is 1.69. The summed E-state index contributed by atoms with van der Waals surface area (Å²) in [4.78, 5) is 0. The molecule has 1 rings (SSSR count). The van der Waals surface area contributed by atoms with Crippen LogP contribution < -0.4 is 0 Å². The molecule has 0 bridgehead atoms. The topological polar surface area (TPSA) is 0 Å². The summed E-state index contributed by atoms with van der Waals surface area (Å²) in [6.45, 7) is 4.31. The SMILES string of the molecule is CC1[C]C(C)C=C1. The Morgan fingerprint density at radius 1 is 1.14 bits per heavy atom. The summed E-state index contributed by atoms with van der Waals surface area (Å²) in [6.07, 6.45) is 7.68. The zero-order valence-electron chi connectivity index (χ0n) is 4.81. The van der Waals surface area contributed by atoms with E-state index in [1.54, 1.807) is 0 Å². The summed E-state index contributed by atoms with van der Waals surface area (Å²) in [5.41, 5.74) is 0. The van der Waals surface area contributed by atoms with E-state index in [1.807, 2.05) is 0 Å². The van der Waals surface area contributed by atoms with Gasteiger partial charge in [-0.05, 0) is 18.3 Å². The fourth-order valence-corrected chi connectivity index (χ4v) is 0.859. The molecule has 0 spiro atoms. The largest absolute Gasteiger partial charge is 0.0848 e. The van der Waals surface area contributed by atoms with E-state index in [9.17, 15) is 0 Å². The molecule has 0 fully saturated rings. The molecule has 0 aliphatic heterocycles. The van der Waals surface area contributed by atoms with E-state index in [0.29, 0.717) is 11.8 Å². The van der Waals surface area contributed by atoms with E-state index >= 15 is 0 Å². The highest BCUT2D eigenvalue weighted by Gasteiger charge is 2.09. The van der Waals surface area contributed by atoms with Crippen molar-refractivity contribution in [2.45, 2.75) is 13.8 Å². The van der Waals surface area contributed by atoms with Crippen LogP contribution in [0.15, 0.2) is 12.2 Å². The van der Waals surface area contributed by atoms with E-state index in [4.69, 9.17) is 0 Å². The lowest BCUT2D eigenvalue weighted by Crippen LogP contribution is -1.88. The van der Waals surface area contributed by atoms with E-state index in [0.717, 1.165) is 0 Å². The number of rotatable bonds is 0. The molecule has 2 unspecified atom stereocenters. The van der Waals surface area contributed by atoms with Gasteiger partial charge in [0.2, 0.25) is 0 Å². The first-order valence-corrected chi connectivity index (χ1v) is 2.73. The van der Waals surface area contributed by atoms with Gasteiger partial charge in [0.1, 0.15) is 0 Å². The Kier molecular flexibility index (Phi) is 1.18. The fraction of sp³-hybridized carbons (Fsp3) is 0.571. The summed E-state index contributed by atoms with van der Waals surface area (Å²) >= 11 is 0. The Balaban J connectivity index is 2.42. The van der Waals surface area contributed by atoms with Crippen LogP contribution in [0.5, 0.6) is 0 Å². The van der Waals surface area contributed by atoms with Gasteiger partial charge in [0, 0.05) is 0 Å². The van der Waals surface area contributed by atoms with Crippen molar-refractivity contribution in [2.75, 3.05) is 0 Å². The van der Waals surface area contributed by atoms with Crippen LogP contribution in [0.4, 0.5) is 0 Å². The normalized spacial score (nSPS) is 39.7. The molecule has 2 radical (unpaired) electrons. The molecule has 1 aliphatic carbocycles. The van der Waals surface area contributed by atoms with Gasteiger partial charge in [0.15, 0.2) is 0 Å². The molecule has 0 aromatic carbocycles. The van der Waals surface area contributed by atoms with Crippen LogP contribution in [0.25, 0.3) is 0 Å². The smallest absolute Gasteiger partial charge is 0.00303 e. The van der Waals surface area contributed by atoms with Crippen LogP contribution in [0, 0.1) is 18.3 Å². The third-order valence-corrected chi connectivity index (χ3v) is 1.21. The summed E-state index contributed by atoms with van der Waals surface area (Å²) < 4.78 is 0. The van der Waals surface area contributed by atoms with E-state index in [1.165, 1.54) is 0 Å². The summed E-state index contributed by atoms with van der Waals surface area (Å²) in [7, 11) is 0. The highest BCUT2D eigenvalue weighted by Crippen LogP contribution is 2.19. The average Bonchev–Trinajstić information content (AvgIpc) is 1.87. The van der Waals surface area contributed by atoms with Crippen molar-refractivity contribution in [3.8, 4) is 0 Å². The van der Waals surface area contributed by atoms with Crippen molar-refractivity contribution in [1.29, 1.82) is 0 Å². The van der Waals surface area contributed by atoms with Crippen LogP contribution in [0.2, 0.25) is 0 Å². The molecule has 0 heteroatoms. The molecule has 1 aliphatic rings. The molecular weight excluding hydrogens is 84.1 g/mol. The van der Waals surface area contributed by atoms with Crippen LogP contribution >= 0.6 is 0 Å². The quantitative estimate of drug-likeness (QED) is 0.402. The molecule has 7 heavy (non-hydrogen) atoms. The molecule has 0 aromatic heterocycles. The maximum atomic E-state index is 3.31. The van der Waals surface area contributed by atoms with Crippen molar-refractivity contribution < 1.29 is 0 Å². The maximum absolute atomic E-state index is 3.31. The lowest BCUT2D eigenvalue weighted by molar-refractivity contribution is 0.764. The molecule has 0 amide bonds. The number of hydrogen-bond donors (Lipinski definition) is 0. The first-order chi connectivity index (χ1) is 3.29. The van der Waals surface area contributed by atoms with Crippen LogP contribution in [0.3, 0.4) is 0 Å². The number of allylic oxidation sites excluding steroid dienone is 2. The third-order valence-electron chi connectivity index (χ3n) is 1.21. The Morgan fingerprint density at radius 3 is 1.71 bits per heavy atom. The van der Waals surface area contributed by atoms with Gasteiger partial charge in [0.25, 0.3) is 0 Å². The first-order valence-electron chi connectivity index (χ1n) is 2.73. The van der Waals surface area contributed by atoms with Gasteiger partial charge < -0.3 is 0 Å². The van der Waals surface area contributed by atoms with Crippen molar-refractivity contribution in [3.63, 3.8) is 0 Å². The average molecular weight is 94.2 g/mol. The predicted molar refractivity (Wildman–Crippen MR) is 30.7 cm³/mol. The van der Waals surface area contributed by atoms with Crippen LogP contribution in [-0.2, 0) is 0 Å². The lowest BCUT2D eigenvalue weighted by atomic mass is 10.1. The minimum atomic E-state index is 0.593. The Hall–Kier alpha value is -0.260. The molecular formula is C7H10. The molecule has 0 N–H and O–H groups in total. The molecule has 2 atom stereocenters. The Labute approximate surface area is 45.2 Å². The van der Waals surface area contributed by atoms with Gasteiger partial charge in [-0.15, -0.1) is 0 Å². The molecule has 0 saturated heterocycles. The van der Waals surface area contributed by atoms with Gasteiger partial charge in [-0.25, -0.2) is 0 Å². The summed E-state index contributed by atoms with van der Waals surface area (Å²) in [5.74, 6) is 1.19. The second-order valence-corrected chi connectivity index (χ2v) is 2.13. The van der Waals surface area contributed by atoms with Crippen molar-refractivity contribution in [2.24, 2.45) is 11.8 Å². The molecule has 0 aromatic rings. The molecule has 0 nitrogen and oxygen atoms in total. The van der Waals surface area contributed by atoms with Gasteiger partial charge >= 0.3 is 0 Å². The van der Waals surface area contributed by atoms with Gasteiger partial charge in [0.05, 0.1) is 0 Å². The fourth-order valence-electron chi connectivity index (χ4n) is 0.859. The van der Waals surface area contributed by atoms with Crippen LogP contribution in [-0.4, -0.2) is 0 Å². The third kappa shape index (κ3) is 1.05. The molecule has 0 saturated carbocycles. The Morgan fingerprint density at radius 2 is 1.57 bits per heavy atom. The van der Waals surface area contributed by atoms with Gasteiger partial charge in [-0.3, -0.25) is 0 Å². The maximum Gasteiger partial charge on any atom is -0.00303 e. The second-order valence-electron chi connectivity index (χ2n) is 2.13. The van der Waals surface area contributed by atoms with Crippen molar-refractivity contribution >= 4 is 0 Å².